The van der Waals surface area contributed by atoms with Crippen molar-refractivity contribution in [3.05, 3.63) is 95.6 Å². The minimum Gasteiger partial charge on any atom is -0.354 e. The van der Waals surface area contributed by atoms with Gasteiger partial charge in [0, 0.05) is 18.7 Å². The fourth-order valence-electron chi connectivity index (χ4n) is 3.90. The van der Waals surface area contributed by atoms with E-state index < -0.39 is 46.1 Å². The molecule has 0 spiro atoms. The largest absolute Gasteiger partial charge is 0.354 e. The van der Waals surface area contributed by atoms with Crippen LogP contribution in [0.25, 0.3) is 0 Å². The summed E-state index contributed by atoms with van der Waals surface area (Å²) in [4.78, 5) is 27.8. The van der Waals surface area contributed by atoms with Crippen molar-refractivity contribution in [1.29, 1.82) is 0 Å². The highest BCUT2D eigenvalue weighted by molar-refractivity contribution is 7.92. The maximum Gasteiger partial charge on any atom is 0.264 e. The van der Waals surface area contributed by atoms with Crippen molar-refractivity contribution in [3.8, 4) is 0 Å². The Bertz CT molecular complexity index is 1380. The zero-order valence-electron chi connectivity index (χ0n) is 22.2. The molecule has 0 aliphatic rings. The zero-order chi connectivity index (χ0) is 28.6. The molecule has 0 fully saturated rings. The predicted molar refractivity (Wildman–Crippen MR) is 146 cm³/mol. The lowest BCUT2D eigenvalue weighted by molar-refractivity contribution is -0.139. The first-order valence-corrected chi connectivity index (χ1v) is 14.1. The van der Waals surface area contributed by atoms with Crippen LogP contribution < -0.4 is 9.62 Å². The van der Waals surface area contributed by atoms with Crippen LogP contribution >= 0.6 is 0 Å². The Labute approximate surface area is 228 Å². The van der Waals surface area contributed by atoms with E-state index in [0.717, 1.165) is 39.7 Å². The van der Waals surface area contributed by atoms with E-state index in [9.17, 15) is 26.8 Å². The van der Waals surface area contributed by atoms with Gasteiger partial charge in [-0.05, 0) is 62.7 Å². The number of unbranched alkanes of at least 4 members (excludes halogenated alkanes) is 1. The van der Waals surface area contributed by atoms with Crippen LogP contribution in [0.4, 0.5) is 14.5 Å². The second-order valence-electron chi connectivity index (χ2n) is 9.23. The Morgan fingerprint density at radius 2 is 1.59 bits per heavy atom. The predicted octanol–water partition coefficient (Wildman–Crippen LogP) is 4.80. The molecule has 1 N–H and O–H groups in total. The summed E-state index contributed by atoms with van der Waals surface area (Å²) in [6.07, 6.45) is 1.60. The number of amides is 2. The highest BCUT2D eigenvalue weighted by Crippen LogP contribution is 2.25. The third-order valence-electron chi connectivity index (χ3n) is 6.30. The molecule has 39 heavy (non-hydrogen) atoms. The van der Waals surface area contributed by atoms with Crippen LogP contribution in [0.3, 0.4) is 0 Å². The van der Waals surface area contributed by atoms with E-state index in [-0.39, 0.29) is 22.7 Å². The molecule has 0 aromatic heterocycles. The maximum absolute atomic E-state index is 14.6. The maximum atomic E-state index is 14.6. The van der Waals surface area contributed by atoms with Gasteiger partial charge in [0.25, 0.3) is 10.0 Å². The standard InChI is InChI=1S/C29H33F2N3O4S/c1-4-5-18-32-29(36)22(3)33(19-23-8-6-7-9-27(23)31)28(35)20-34(25-14-12-24(30)13-15-25)39(37,38)26-16-10-21(2)11-17-26/h6-17,22H,4-5,18-20H2,1-3H3,(H,32,36)/t22-/m0/s1. The first-order valence-electron chi connectivity index (χ1n) is 12.7. The van der Waals surface area contributed by atoms with E-state index in [0.29, 0.717) is 6.54 Å². The van der Waals surface area contributed by atoms with Crippen LogP contribution in [0, 0.1) is 18.6 Å². The SMILES string of the molecule is CCCCNC(=O)[C@H](C)N(Cc1ccccc1F)C(=O)CN(c1ccc(F)cc1)S(=O)(=O)c1ccc(C)cc1. The van der Waals surface area contributed by atoms with Gasteiger partial charge < -0.3 is 10.2 Å². The summed E-state index contributed by atoms with van der Waals surface area (Å²) in [5, 5.41) is 2.77. The molecule has 3 rings (SSSR count). The molecule has 3 aromatic rings. The Hall–Kier alpha value is -3.79. The van der Waals surface area contributed by atoms with Gasteiger partial charge in [-0.2, -0.15) is 0 Å². The van der Waals surface area contributed by atoms with Crippen LogP contribution in [0.5, 0.6) is 0 Å². The number of rotatable bonds is 12. The number of hydrogen-bond acceptors (Lipinski definition) is 4. The van der Waals surface area contributed by atoms with E-state index in [1.54, 1.807) is 18.2 Å². The van der Waals surface area contributed by atoms with E-state index in [1.165, 1.54) is 49.4 Å². The lowest BCUT2D eigenvalue weighted by atomic mass is 10.1. The van der Waals surface area contributed by atoms with E-state index in [1.807, 2.05) is 13.8 Å². The van der Waals surface area contributed by atoms with Crippen molar-refractivity contribution < 1.29 is 26.8 Å². The number of carbonyl (C=O) groups is 2. The molecule has 1 atom stereocenters. The number of nitrogens with one attached hydrogen (secondary N) is 1. The molecule has 3 aromatic carbocycles. The minimum absolute atomic E-state index is 0.0590. The Morgan fingerprint density at radius 1 is 0.949 bits per heavy atom. The molecular weight excluding hydrogens is 524 g/mol. The number of nitrogens with zero attached hydrogens (tertiary/aromatic N) is 2. The fraction of sp³-hybridized carbons (Fsp3) is 0.310. The quantitative estimate of drug-likeness (QED) is 0.324. The highest BCUT2D eigenvalue weighted by Gasteiger charge is 2.32. The van der Waals surface area contributed by atoms with Gasteiger partial charge in [-0.1, -0.05) is 49.2 Å². The van der Waals surface area contributed by atoms with Gasteiger partial charge in [0.15, 0.2) is 0 Å². The number of carbonyl (C=O) groups excluding carboxylic acids is 2. The minimum atomic E-state index is -4.27. The smallest absolute Gasteiger partial charge is 0.264 e. The second-order valence-corrected chi connectivity index (χ2v) is 11.1. The number of hydrogen-bond donors (Lipinski definition) is 1. The van der Waals surface area contributed by atoms with Crippen LogP contribution in [-0.2, 0) is 26.2 Å². The molecule has 7 nitrogen and oxygen atoms in total. The van der Waals surface area contributed by atoms with E-state index in [2.05, 4.69) is 5.32 Å². The zero-order valence-corrected chi connectivity index (χ0v) is 23.0. The normalized spacial score (nSPS) is 12.0. The van der Waals surface area contributed by atoms with E-state index in [4.69, 9.17) is 0 Å². The molecule has 0 radical (unpaired) electrons. The van der Waals surface area contributed by atoms with Gasteiger partial charge in [-0.3, -0.25) is 13.9 Å². The Balaban J connectivity index is 2.00. The summed E-state index contributed by atoms with van der Waals surface area (Å²) in [5.74, 6) is -2.30. The fourth-order valence-corrected chi connectivity index (χ4v) is 5.32. The van der Waals surface area contributed by atoms with Crippen molar-refractivity contribution >= 4 is 27.5 Å². The first-order chi connectivity index (χ1) is 18.5. The van der Waals surface area contributed by atoms with Gasteiger partial charge in [0.05, 0.1) is 10.6 Å². The lowest BCUT2D eigenvalue weighted by Gasteiger charge is -2.32. The molecule has 0 heterocycles. The number of sulfonamides is 1. The summed E-state index contributed by atoms with van der Waals surface area (Å²) < 4.78 is 56.5. The third kappa shape index (κ3) is 7.63. The number of benzene rings is 3. The van der Waals surface area contributed by atoms with Gasteiger partial charge in [0.1, 0.15) is 24.2 Å². The van der Waals surface area contributed by atoms with E-state index >= 15 is 0 Å². The van der Waals surface area contributed by atoms with Crippen LogP contribution in [-0.4, -0.2) is 44.3 Å². The Morgan fingerprint density at radius 3 is 2.21 bits per heavy atom. The summed E-state index contributed by atoms with van der Waals surface area (Å²) in [6.45, 7) is 4.76. The van der Waals surface area contributed by atoms with Crippen molar-refractivity contribution in [2.45, 2.75) is 51.1 Å². The molecule has 2 amide bonds. The monoisotopic (exact) mass is 557 g/mol. The van der Waals surface area contributed by atoms with Gasteiger partial charge >= 0.3 is 0 Å². The summed E-state index contributed by atoms with van der Waals surface area (Å²) in [6, 6.07) is 15.7. The summed E-state index contributed by atoms with van der Waals surface area (Å²) in [7, 11) is -4.27. The molecular formula is C29H33F2N3O4S. The first kappa shape index (κ1) is 29.8. The molecule has 0 unspecified atom stereocenters. The topological polar surface area (TPSA) is 86.8 Å². The third-order valence-corrected chi connectivity index (χ3v) is 8.09. The molecule has 0 saturated carbocycles. The molecule has 0 saturated heterocycles. The lowest BCUT2D eigenvalue weighted by Crippen LogP contribution is -2.51. The second kappa shape index (κ2) is 13.3. The van der Waals surface area contributed by atoms with Crippen LogP contribution in [0.15, 0.2) is 77.7 Å². The average Bonchev–Trinajstić information content (AvgIpc) is 2.91. The van der Waals surface area contributed by atoms with Crippen molar-refractivity contribution in [2.24, 2.45) is 0 Å². The molecule has 10 heteroatoms. The number of aryl methyl sites for hydroxylation is 1. The van der Waals surface area contributed by atoms with Crippen LogP contribution in [0.1, 0.15) is 37.8 Å². The molecule has 208 valence electrons. The average molecular weight is 558 g/mol. The molecule has 0 aliphatic heterocycles. The van der Waals surface area contributed by atoms with Crippen LogP contribution in [0.2, 0.25) is 0 Å². The van der Waals surface area contributed by atoms with Crippen molar-refractivity contribution in [3.63, 3.8) is 0 Å². The number of anilines is 1. The summed E-state index contributed by atoms with van der Waals surface area (Å²) in [5.41, 5.74) is 1.09. The van der Waals surface area contributed by atoms with Gasteiger partial charge in [0.2, 0.25) is 11.8 Å². The summed E-state index contributed by atoms with van der Waals surface area (Å²) >= 11 is 0. The van der Waals surface area contributed by atoms with Gasteiger partial charge in [-0.15, -0.1) is 0 Å². The van der Waals surface area contributed by atoms with Crippen molar-refractivity contribution in [2.75, 3.05) is 17.4 Å². The van der Waals surface area contributed by atoms with Crippen molar-refractivity contribution in [1.82, 2.24) is 10.2 Å². The molecule has 0 aliphatic carbocycles. The number of halogens is 2. The highest BCUT2D eigenvalue weighted by atomic mass is 32.2. The molecule has 0 bridgehead atoms. The van der Waals surface area contributed by atoms with Gasteiger partial charge in [-0.25, -0.2) is 17.2 Å². The Kier molecular flexibility index (Phi) is 10.2.